The van der Waals surface area contributed by atoms with Gasteiger partial charge in [-0.05, 0) is 63.1 Å². The molecule has 2 nitrogen and oxygen atoms in total. The van der Waals surface area contributed by atoms with Crippen molar-refractivity contribution in [3.63, 3.8) is 0 Å². The topological polar surface area (TPSA) is 26.3 Å². The second-order valence-electron chi connectivity index (χ2n) is 8.29. The van der Waals surface area contributed by atoms with Crippen molar-refractivity contribution < 1.29 is 9.53 Å². The van der Waals surface area contributed by atoms with Crippen molar-refractivity contribution in [2.24, 2.45) is 0 Å². The number of fused-ring (bicyclic) bond motifs is 1. The van der Waals surface area contributed by atoms with Crippen LogP contribution in [0.3, 0.4) is 0 Å². The zero-order valence-corrected chi connectivity index (χ0v) is 15.7. The third kappa shape index (κ3) is 4.16. The number of benzene rings is 1. The van der Waals surface area contributed by atoms with E-state index < -0.39 is 0 Å². The number of Topliss-reactive ketones (excluding diaryl/α,β-unsaturated/α-hetero) is 1. The van der Waals surface area contributed by atoms with Crippen molar-refractivity contribution >= 4 is 5.78 Å². The number of rotatable bonds is 6. The molecule has 23 heavy (non-hydrogen) atoms. The van der Waals surface area contributed by atoms with Gasteiger partial charge < -0.3 is 4.74 Å². The van der Waals surface area contributed by atoms with E-state index in [4.69, 9.17) is 4.74 Å². The van der Waals surface area contributed by atoms with Gasteiger partial charge >= 0.3 is 0 Å². The van der Waals surface area contributed by atoms with Gasteiger partial charge in [0.1, 0.15) is 11.4 Å². The zero-order valence-electron chi connectivity index (χ0n) is 15.7. The van der Waals surface area contributed by atoms with Crippen LogP contribution in [0, 0.1) is 0 Å². The van der Waals surface area contributed by atoms with Gasteiger partial charge in [0.25, 0.3) is 0 Å². The van der Waals surface area contributed by atoms with E-state index in [9.17, 15) is 4.79 Å². The van der Waals surface area contributed by atoms with Crippen molar-refractivity contribution in [1.29, 1.82) is 0 Å². The Hall–Kier alpha value is -1.31. The van der Waals surface area contributed by atoms with Crippen LogP contribution in [0.5, 0.6) is 5.75 Å². The Morgan fingerprint density at radius 2 is 1.83 bits per heavy atom. The summed E-state index contributed by atoms with van der Waals surface area (Å²) in [4.78, 5) is 12.1. The summed E-state index contributed by atoms with van der Waals surface area (Å²) < 4.78 is 6.25. The molecule has 0 amide bonds. The molecule has 1 aromatic carbocycles. The molecule has 0 fully saturated rings. The molecular weight excluding hydrogens is 284 g/mol. The van der Waals surface area contributed by atoms with Crippen LogP contribution in [0.1, 0.15) is 95.1 Å². The highest BCUT2D eigenvalue weighted by atomic mass is 16.5. The second kappa shape index (κ2) is 6.67. The molecule has 0 saturated carbocycles. The first kappa shape index (κ1) is 18.0. The fourth-order valence-corrected chi connectivity index (χ4v) is 4.01. The lowest BCUT2D eigenvalue weighted by molar-refractivity contribution is 0.0532. The van der Waals surface area contributed by atoms with Crippen LogP contribution in [0.25, 0.3) is 0 Å². The average Bonchev–Trinajstić information content (AvgIpc) is 2.40. The number of aryl methyl sites for hydroxylation is 1. The summed E-state index contributed by atoms with van der Waals surface area (Å²) in [6.07, 6.45) is 6.78. The molecular formula is C21H32O2. The molecule has 0 aliphatic carbocycles. The normalized spacial score (nSPS) is 18.2. The van der Waals surface area contributed by atoms with Crippen molar-refractivity contribution in [2.45, 2.75) is 91.1 Å². The molecule has 2 rings (SSSR count). The minimum absolute atomic E-state index is 0.0298. The smallest absolute Gasteiger partial charge is 0.160 e. The number of carbonyl (C=O) groups excluding carboxylic acids is 1. The number of hydrogen-bond donors (Lipinski definition) is 0. The van der Waals surface area contributed by atoms with Crippen molar-refractivity contribution in [3.05, 3.63) is 28.8 Å². The molecule has 0 unspecified atom stereocenters. The standard InChI is InChI=1S/C21H32O2/c1-7-8-9-10-11-16-12-19-18(13-17(16)15(2)22)20(3,4)14-21(5,6)23-19/h12-13H,7-11,14H2,1-6H3. The second-order valence-corrected chi connectivity index (χ2v) is 8.29. The van der Waals surface area contributed by atoms with E-state index >= 15 is 0 Å². The van der Waals surface area contributed by atoms with E-state index in [1.54, 1.807) is 6.92 Å². The van der Waals surface area contributed by atoms with E-state index in [1.807, 2.05) is 0 Å². The van der Waals surface area contributed by atoms with Gasteiger partial charge in [0, 0.05) is 11.1 Å². The highest BCUT2D eigenvalue weighted by Gasteiger charge is 2.39. The van der Waals surface area contributed by atoms with Crippen molar-refractivity contribution in [1.82, 2.24) is 0 Å². The predicted molar refractivity (Wildman–Crippen MR) is 96.6 cm³/mol. The summed E-state index contributed by atoms with van der Waals surface area (Å²) in [6, 6.07) is 4.24. The van der Waals surface area contributed by atoms with Gasteiger partial charge in [0.05, 0.1) is 0 Å². The predicted octanol–water partition coefficient (Wildman–Crippen LogP) is 5.85. The maximum absolute atomic E-state index is 12.1. The van der Waals surface area contributed by atoms with Crippen LogP contribution >= 0.6 is 0 Å². The maximum Gasteiger partial charge on any atom is 0.160 e. The highest BCUT2D eigenvalue weighted by Crippen LogP contribution is 2.45. The molecule has 0 spiro atoms. The highest BCUT2D eigenvalue weighted by molar-refractivity contribution is 5.96. The van der Waals surface area contributed by atoms with Gasteiger partial charge in [0.15, 0.2) is 5.78 Å². The average molecular weight is 316 g/mol. The zero-order chi connectivity index (χ0) is 17.3. The number of carbonyl (C=O) groups is 1. The first-order valence-corrected chi connectivity index (χ1v) is 9.03. The van der Waals surface area contributed by atoms with Gasteiger partial charge in [-0.15, -0.1) is 0 Å². The Morgan fingerprint density at radius 3 is 2.43 bits per heavy atom. The van der Waals surface area contributed by atoms with Crippen molar-refractivity contribution in [2.75, 3.05) is 0 Å². The molecule has 1 aliphatic heterocycles. The molecule has 0 N–H and O–H groups in total. The summed E-state index contributed by atoms with van der Waals surface area (Å²) in [5.74, 6) is 1.14. The molecule has 128 valence electrons. The van der Waals surface area contributed by atoms with Crippen LogP contribution in [0.4, 0.5) is 0 Å². The lowest BCUT2D eigenvalue weighted by Gasteiger charge is -2.42. The lowest BCUT2D eigenvalue weighted by Crippen LogP contribution is -2.41. The Balaban J connectivity index is 2.39. The lowest BCUT2D eigenvalue weighted by atomic mass is 9.72. The third-order valence-electron chi connectivity index (χ3n) is 4.87. The Bertz CT molecular complexity index is 582. The van der Waals surface area contributed by atoms with Gasteiger partial charge in [-0.25, -0.2) is 0 Å². The van der Waals surface area contributed by atoms with Crippen LogP contribution in [0.2, 0.25) is 0 Å². The largest absolute Gasteiger partial charge is 0.488 e. The van der Waals surface area contributed by atoms with Crippen LogP contribution in [-0.2, 0) is 11.8 Å². The summed E-state index contributed by atoms with van der Waals surface area (Å²) >= 11 is 0. The monoisotopic (exact) mass is 316 g/mol. The third-order valence-corrected chi connectivity index (χ3v) is 4.87. The summed E-state index contributed by atoms with van der Waals surface area (Å²) in [5.41, 5.74) is 3.09. The summed E-state index contributed by atoms with van der Waals surface area (Å²) in [7, 11) is 0. The number of ether oxygens (including phenoxy) is 1. The molecule has 2 heteroatoms. The van der Waals surface area contributed by atoms with E-state index in [1.165, 1.54) is 24.8 Å². The van der Waals surface area contributed by atoms with Gasteiger partial charge in [-0.2, -0.15) is 0 Å². The number of hydrogen-bond acceptors (Lipinski definition) is 2. The van der Waals surface area contributed by atoms with Crippen LogP contribution in [0.15, 0.2) is 12.1 Å². The minimum Gasteiger partial charge on any atom is -0.488 e. The molecule has 1 aliphatic rings. The van der Waals surface area contributed by atoms with E-state index in [-0.39, 0.29) is 16.8 Å². The van der Waals surface area contributed by atoms with Crippen LogP contribution < -0.4 is 4.74 Å². The first-order valence-electron chi connectivity index (χ1n) is 9.03. The molecule has 1 aromatic rings. The van der Waals surface area contributed by atoms with Gasteiger partial charge in [-0.3, -0.25) is 4.79 Å². The van der Waals surface area contributed by atoms with E-state index in [2.05, 4.69) is 46.8 Å². The fourth-order valence-electron chi connectivity index (χ4n) is 4.01. The van der Waals surface area contributed by atoms with Gasteiger partial charge in [0.2, 0.25) is 0 Å². The quantitative estimate of drug-likeness (QED) is 0.486. The van der Waals surface area contributed by atoms with Crippen LogP contribution in [-0.4, -0.2) is 11.4 Å². The Morgan fingerprint density at radius 1 is 1.13 bits per heavy atom. The molecule has 0 radical (unpaired) electrons. The SMILES string of the molecule is CCCCCCc1cc2c(cc1C(C)=O)C(C)(C)CC(C)(C)O2. The molecule has 0 atom stereocenters. The van der Waals surface area contributed by atoms with Gasteiger partial charge in [-0.1, -0.05) is 40.0 Å². The summed E-state index contributed by atoms with van der Waals surface area (Å²) in [5, 5.41) is 0. The van der Waals surface area contributed by atoms with E-state index in [0.29, 0.717) is 0 Å². The first-order chi connectivity index (χ1) is 10.7. The Kier molecular flexibility index (Phi) is 5.23. The molecule has 0 saturated heterocycles. The number of ketones is 1. The fraction of sp³-hybridized carbons (Fsp3) is 0.667. The molecule has 1 heterocycles. The van der Waals surface area contributed by atoms with Crippen molar-refractivity contribution in [3.8, 4) is 5.75 Å². The number of unbranched alkanes of at least 4 members (excludes halogenated alkanes) is 3. The van der Waals surface area contributed by atoms with E-state index in [0.717, 1.165) is 36.1 Å². The Labute approximate surface area is 141 Å². The summed E-state index contributed by atoms with van der Waals surface area (Å²) in [6.45, 7) is 12.7. The minimum atomic E-state index is -0.159. The molecule has 0 bridgehead atoms. The molecule has 0 aromatic heterocycles. The maximum atomic E-state index is 12.1.